The van der Waals surface area contributed by atoms with Crippen LogP contribution < -0.4 is 15.4 Å². The highest BCUT2D eigenvalue weighted by Crippen LogP contribution is 2.29. The molecule has 3 N–H and O–H groups in total. The number of para-hydroxylation sites is 2. The fourth-order valence-electron chi connectivity index (χ4n) is 3.88. The Bertz CT molecular complexity index is 1230. The van der Waals surface area contributed by atoms with E-state index in [-0.39, 0.29) is 11.8 Å². The highest BCUT2D eigenvalue weighted by atomic mass is 16.5. The molecule has 0 spiro atoms. The zero-order chi connectivity index (χ0) is 23.0. The second-order valence-electron chi connectivity index (χ2n) is 7.82. The summed E-state index contributed by atoms with van der Waals surface area (Å²) in [5.74, 6) is 0.272. The first kappa shape index (κ1) is 22.1. The first-order valence-electron chi connectivity index (χ1n) is 11.0. The van der Waals surface area contributed by atoms with E-state index in [9.17, 15) is 9.59 Å². The van der Waals surface area contributed by atoms with E-state index in [1.807, 2.05) is 85.1 Å². The Labute approximate surface area is 193 Å². The molecule has 0 bridgehead atoms. The number of carbonyl (C=O) groups is 2. The monoisotopic (exact) mass is 441 g/mol. The number of hydrogen-bond acceptors (Lipinski definition) is 3. The lowest BCUT2D eigenvalue weighted by Gasteiger charge is -2.18. The summed E-state index contributed by atoms with van der Waals surface area (Å²) in [7, 11) is 0. The van der Waals surface area contributed by atoms with E-state index < -0.39 is 6.04 Å². The van der Waals surface area contributed by atoms with Crippen LogP contribution in [-0.2, 0) is 16.0 Å². The van der Waals surface area contributed by atoms with Gasteiger partial charge in [-0.05, 0) is 23.3 Å². The number of hydrogen-bond donors (Lipinski definition) is 3. The zero-order valence-electron chi connectivity index (χ0n) is 18.5. The average molecular weight is 442 g/mol. The number of amides is 2. The minimum atomic E-state index is -0.668. The summed E-state index contributed by atoms with van der Waals surface area (Å²) < 4.78 is 5.96. The van der Waals surface area contributed by atoms with Gasteiger partial charge in [0.2, 0.25) is 11.8 Å². The van der Waals surface area contributed by atoms with Crippen molar-refractivity contribution in [3.63, 3.8) is 0 Å². The molecule has 0 saturated heterocycles. The van der Waals surface area contributed by atoms with Gasteiger partial charge in [0, 0.05) is 36.0 Å². The van der Waals surface area contributed by atoms with Crippen LogP contribution in [-0.4, -0.2) is 36.0 Å². The van der Waals surface area contributed by atoms with Crippen molar-refractivity contribution in [2.45, 2.75) is 19.4 Å². The molecule has 4 rings (SSSR count). The molecule has 0 saturated carbocycles. The van der Waals surface area contributed by atoms with Gasteiger partial charge in [-0.2, -0.15) is 0 Å². The Kier molecular flexibility index (Phi) is 7.05. The van der Waals surface area contributed by atoms with Gasteiger partial charge in [0.05, 0.1) is 6.54 Å². The summed E-state index contributed by atoms with van der Waals surface area (Å²) >= 11 is 0. The Balaban J connectivity index is 1.36. The van der Waals surface area contributed by atoms with Crippen LogP contribution in [0.1, 0.15) is 12.5 Å². The molecule has 4 aromatic rings. The van der Waals surface area contributed by atoms with Gasteiger partial charge in [0.15, 0.2) is 0 Å². The van der Waals surface area contributed by atoms with Crippen molar-refractivity contribution in [2.75, 3.05) is 13.2 Å². The molecule has 0 unspecified atom stereocenters. The second-order valence-corrected chi connectivity index (χ2v) is 7.82. The molecule has 0 fully saturated rings. The van der Waals surface area contributed by atoms with Crippen molar-refractivity contribution in [3.8, 4) is 16.9 Å². The van der Waals surface area contributed by atoms with Gasteiger partial charge in [0.1, 0.15) is 18.4 Å². The maximum Gasteiger partial charge on any atom is 0.243 e. The fraction of sp³-hybridized carbons (Fsp3) is 0.185. The second kappa shape index (κ2) is 10.5. The molecule has 33 heavy (non-hydrogen) atoms. The molecule has 0 aliphatic rings. The van der Waals surface area contributed by atoms with Gasteiger partial charge in [0.25, 0.3) is 0 Å². The Hall–Kier alpha value is -4.06. The van der Waals surface area contributed by atoms with Gasteiger partial charge in [-0.3, -0.25) is 9.59 Å². The maximum atomic E-state index is 12.8. The number of ether oxygens (including phenoxy) is 1. The van der Waals surface area contributed by atoms with Crippen molar-refractivity contribution in [2.24, 2.45) is 0 Å². The highest BCUT2D eigenvalue weighted by Gasteiger charge is 2.21. The molecule has 3 aromatic carbocycles. The summed E-state index contributed by atoms with van der Waals surface area (Å²) in [6, 6.07) is 25.1. The van der Waals surface area contributed by atoms with Gasteiger partial charge in [-0.15, -0.1) is 0 Å². The van der Waals surface area contributed by atoms with E-state index >= 15 is 0 Å². The largest absolute Gasteiger partial charge is 0.491 e. The molecule has 168 valence electrons. The lowest BCUT2D eigenvalue weighted by molar-refractivity contribution is -0.128. The SMILES string of the molecule is CC(=O)N[C@@H](Cc1c[nH]c2ccccc12)C(=O)NCCOc1ccccc1-c1ccccc1. The van der Waals surface area contributed by atoms with Crippen LogP contribution in [0.5, 0.6) is 5.75 Å². The Morgan fingerprint density at radius 2 is 1.67 bits per heavy atom. The number of nitrogens with one attached hydrogen (secondary N) is 3. The topological polar surface area (TPSA) is 83.2 Å². The van der Waals surface area contributed by atoms with Crippen LogP contribution >= 0.6 is 0 Å². The summed E-state index contributed by atoms with van der Waals surface area (Å²) in [6.45, 7) is 2.06. The third-order valence-electron chi connectivity index (χ3n) is 5.42. The highest BCUT2D eigenvalue weighted by molar-refractivity contribution is 5.89. The molecule has 0 radical (unpaired) electrons. The normalized spacial score (nSPS) is 11.7. The Morgan fingerprint density at radius 3 is 2.48 bits per heavy atom. The van der Waals surface area contributed by atoms with Gasteiger partial charge >= 0.3 is 0 Å². The van der Waals surface area contributed by atoms with E-state index in [4.69, 9.17) is 4.74 Å². The Morgan fingerprint density at radius 1 is 0.939 bits per heavy atom. The number of aromatic amines is 1. The number of rotatable bonds is 9. The molecular formula is C27H27N3O3. The molecular weight excluding hydrogens is 414 g/mol. The lowest BCUT2D eigenvalue weighted by atomic mass is 10.0. The van der Waals surface area contributed by atoms with Crippen molar-refractivity contribution >= 4 is 22.7 Å². The molecule has 0 aliphatic heterocycles. The molecule has 6 nitrogen and oxygen atoms in total. The fourth-order valence-corrected chi connectivity index (χ4v) is 3.88. The van der Waals surface area contributed by atoms with Crippen LogP contribution in [0.3, 0.4) is 0 Å². The molecule has 1 atom stereocenters. The number of aromatic nitrogens is 1. The summed E-state index contributed by atoms with van der Waals surface area (Å²) in [5.41, 5.74) is 4.05. The lowest BCUT2D eigenvalue weighted by Crippen LogP contribution is -2.48. The summed E-state index contributed by atoms with van der Waals surface area (Å²) in [4.78, 5) is 27.8. The number of H-pyrrole nitrogens is 1. The van der Waals surface area contributed by atoms with Crippen molar-refractivity contribution in [3.05, 3.63) is 90.6 Å². The van der Waals surface area contributed by atoms with Gasteiger partial charge < -0.3 is 20.4 Å². The van der Waals surface area contributed by atoms with Gasteiger partial charge in [-0.1, -0.05) is 66.7 Å². The molecule has 1 aromatic heterocycles. The predicted molar refractivity (Wildman–Crippen MR) is 130 cm³/mol. The summed E-state index contributed by atoms with van der Waals surface area (Å²) in [5, 5.41) is 6.70. The predicted octanol–water partition coefficient (Wildman–Crippen LogP) is 4.08. The number of benzene rings is 3. The van der Waals surface area contributed by atoms with Crippen LogP contribution in [0.15, 0.2) is 85.1 Å². The first-order valence-corrected chi connectivity index (χ1v) is 11.0. The summed E-state index contributed by atoms with van der Waals surface area (Å²) in [6.07, 6.45) is 2.28. The van der Waals surface area contributed by atoms with E-state index in [1.165, 1.54) is 6.92 Å². The van der Waals surface area contributed by atoms with E-state index in [0.717, 1.165) is 33.3 Å². The molecule has 6 heteroatoms. The first-order chi connectivity index (χ1) is 16.1. The zero-order valence-corrected chi connectivity index (χ0v) is 18.5. The maximum absolute atomic E-state index is 12.8. The van der Waals surface area contributed by atoms with Crippen molar-refractivity contribution in [1.82, 2.24) is 15.6 Å². The van der Waals surface area contributed by atoms with E-state index in [0.29, 0.717) is 19.6 Å². The van der Waals surface area contributed by atoms with E-state index in [1.54, 1.807) is 0 Å². The third kappa shape index (κ3) is 5.60. The molecule has 2 amide bonds. The van der Waals surface area contributed by atoms with Crippen LogP contribution in [0, 0.1) is 0 Å². The van der Waals surface area contributed by atoms with Crippen LogP contribution in [0.25, 0.3) is 22.0 Å². The van der Waals surface area contributed by atoms with Crippen LogP contribution in [0.4, 0.5) is 0 Å². The minimum Gasteiger partial charge on any atom is -0.491 e. The number of carbonyl (C=O) groups excluding carboxylic acids is 2. The molecule has 1 heterocycles. The third-order valence-corrected chi connectivity index (χ3v) is 5.42. The van der Waals surface area contributed by atoms with Crippen molar-refractivity contribution < 1.29 is 14.3 Å². The standard InChI is InChI=1S/C27H27N3O3/c1-19(31)30-25(17-21-18-29-24-13-7-5-11-22(21)24)27(32)28-15-16-33-26-14-8-6-12-23(26)20-9-3-2-4-10-20/h2-14,18,25,29H,15-17H2,1H3,(H,28,32)(H,30,31)/t25-/m0/s1. The van der Waals surface area contributed by atoms with Gasteiger partial charge in [-0.25, -0.2) is 0 Å². The molecule has 0 aliphatic carbocycles. The quantitative estimate of drug-likeness (QED) is 0.342. The van der Waals surface area contributed by atoms with E-state index in [2.05, 4.69) is 15.6 Å². The smallest absolute Gasteiger partial charge is 0.243 e. The average Bonchev–Trinajstić information content (AvgIpc) is 3.24. The minimum absolute atomic E-state index is 0.240. The van der Waals surface area contributed by atoms with Crippen LogP contribution in [0.2, 0.25) is 0 Å². The number of fused-ring (bicyclic) bond motifs is 1. The van der Waals surface area contributed by atoms with Crippen molar-refractivity contribution in [1.29, 1.82) is 0 Å².